The average Bonchev–Trinajstić information content (AvgIpc) is 3.14. The third-order valence-electron chi connectivity index (χ3n) is 3.03. The van der Waals surface area contributed by atoms with Gasteiger partial charge in [0.1, 0.15) is 6.04 Å². The van der Waals surface area contributed by atoms with Crippen LogP contribution in [-0.2, 0) is 9.53 Å². The van der Waals surface area contributed by atoms with E-state index in [-0.39, 0.29) is 11.6 Å². The highest BCUT2D eigenvalue weighted by Crippen LogP contribution is 2.27. The van der Waals surface area contributed by atoms with Crippen LogP contribution in [0.25, 0.3) is 10.6 Å². The van der Waals surface area contributed by atoms with Crippen LogP contribution >= 0.6 is 11.3 Å². The van der Waals surface area contributed by atoms with E-state index in [2.05, 4.69) is 10.3 Å². The Labute approximate surface area is 132 Å². The van der Waals surface area contributed by atoms with E-state index >= 15 is 0 Å². The molecule has 2 aromatic heterocycles. The first-order valence-corrected chi connectivity index (χ1v) is 7.77. The lowest BCUT2D eigenvalue weighted by molar-refractivity contribution is -0.143. The third kappa shape index (κ3) is 3.73. The van der Waals surface area contributed by atoms with Gasteiger partial charge in [-0.3, -0.25) is 4.79 Å². The number of thiophene rings is 1. The van der Waals surface area contributed by atoms with Gasteiger partial charge in [0, 0.05) is 0 Å². The molecule has 0 aliphatic heterocycles. The summed E-state index contributed by atoms with van der Waals surface area (Å²) in [4.78, 5) is 29.0. The topological polar surface area (TPSA) is 81.4 Å². The van der Waals surface area contributed by atoms with Gasteiger partial charge in [-0.05, 0) is 23.8 Å². The van der Waals surface area contributed by atoms with Crippen LogP contribution in [0.1, 0.15) is 30.8 Å². The number of rotatable bonds is 6. The van der Waals surface area contributed by atoms with Crippen LogP contribution in [0.15, 0.2) is 28.3 Å². The van der Waals surface area contributed by atoms with Gasteiger partial charge in [-0.25, -0.2) is 9.78 Å². The monoisotopic (exact) mass is 322 g/mol. The van der Waals surface area contributed by atoms with Gasteiger partial charge in [-0.15, -0.1) is 11.3 Å². The van der Waals surface area contributed by atoms with Crippen molar-refractivity contribution in [3.05, 3.63) is 29.6 Å². The fourth-order valence-corrected chi connectivity index (χ4v) is 2.76. The molecule has 6 nitrogen and oxygen atoms in total. The van der Waals surface area contributed by atoms with E-state index < -0.39 is 17.9 Å². The fourth-order valence-electron chi connectivity index (χ4n) is 2.04. The molecule has 0 aliphatic rings. The first-order chi connectivity index (χ1) is 10.5. The van der Waals surface area contributed by atoms with E-state index in [9.17, 15) is 9.59 Å². The molecule has 0 radical (unpaired) electrons. The minimum absolute atomic E-state index is 0.167. The molecule has 0 fully saturated rings. The van der Waals surface area contributed by atoms with Crippen molar-refractivity contribution in [3.8, 4) is 10.6 Å². The molecular formula is C15H18N2O4S. The largest absolute Gasteiger partial charge is 0.467 e. The molecule has 1 atom stereocenters. The Morgan fingerprint density at radius 3 is 2.82 bits per heavy atom. The zero-order valence-electron chi connectivity index (χ0n) is 12.7. The van der Waals surface area contributed by atoms with Crippen LogP contribution in [-0.4, -0.2) is 30.0 Å². The number of oxazole rings is 1. The number of methoxy groups -OCH3 is 1. The quantitative estimate of drug-likeness (QED) is 0.827. The van der Waals surface area contributed by atoms with Crippen molar-refractivity contribution in [3.63, 3.8) is 0 Å². The Morgan fingerprint density at radius 1 is 1.45 bits per heavy atom. The van der Waals surface area contributed by atoms with Gasteiger partial charge in [-0.2, -0.15) is 0 Å². The van der Waals surface area contributed by atoms with Crippen LogP contribution < -0.4 is 5.32 Å². The number of nitrogens with one attached hydrogen (secondary N) is 1. The van der Waals surface area contributed by atoms with Crippen LogP contribution in [0.2, 0.25) is 0 Å². The van der Waals surface area contributed by atoms with Gasteiger partial charge >= 0.3 is 5.97 Å². The lowest BCUT2D eigenvalue weighted by Crippen LogP contribution is -2.42. The normalized spacial score (nSPS) is 12.2. The van der Waals surface area contributed by atoms with Crippen LogP contribution in [0.4, 0.5) is 0 Å². The minimum Gasteiger partial charge on any atom is -0.467 e. The maximum atomic E-state index is 12.4. The summed E-state index contributed by atoms with van der Waals surface area (Å²) >= 11 is 1.45. The molecule has 0 aromatic carbocycles. The average molecular weight is 322 g/mol. The number of aromatic nitrogens is 1. The highest BCUT2D eigenvalue weighted by atomic mass is 32.1. The smallest absolute Gasteiger partial charge is 0.328 e. The summed E-state index contributed by atoms with van der Waals surface area (Å²) in [6.07, 6.45) is 1.71. The molecule has 2 rings (SSSR count). The third-order valence-corrected chi connectivity index (χ3v) is 3.89. The van der Waals surface area contributed by atoms with Gasteiger partial charge < -0.3 is 14.5 Å². The van der Waals surface area contributed by atoms with E-state index in [0.29, 0.717) is 12.2 Å². The van der Waals surface area contributed by atoms with Crippen LogP contribution in [0, 0.1) is 5.92 Å². The number of nitrogens with zero attached hydrogens (tertiary/aromatic N) is 1. The molecule has 0 spiro atoms. The first-order valence-electron chi connectivity index (χ1n) is 6.89. The lowest BCUT2D eigenvalue weighted by Gasteiger charge is -2.17. The maximum absolute atomic E-state index is 12.4. The predicted molar refractivity (Wildman–Crippen MR) is 82.5 cm³/mol. The Morgan fingerprint density at radius 2 is 2.23 bits per heavy atom. The van der Waals surface area contributed by atoms with Crippen LogP contribution in [0.5, 0.6) is 0 Å². The summed E-state index contributed by atoms with van der Waals surface area (Å²) in [5, 5.41) is 4.56. The van der Waals surface area contributed by atoms with Crippen molar-refractivity contribution < 1.29 is 18.7 Å². The standard InChI is InChI=1S/C15H18N2O4S/c1-9(2)7-10(15(19)20-3)17-14(18)12-13(21-8-16-12)11-5-4-6-22-11/h4-6,8-10H,7H2,1-3H3,(H,17,18). The molecule has 22 heavy (non-hydrogen) atoms. The highest BCUT2D eigenvalue weighted by Gasteiger charge is 2.26. The summed E-state index contributed by atoms with van der Waals surface area (Å²) in [5.74, 6) is -0.282. The summed E-state index contributed by atoms with van der Waals surface area (Å²) < 4.78 is 10.0. The number of esters is 1. The highest BCUT2D eigenvalue weighted by molar-refractivity contribution is 7.13. The Hall–Kier alpha value is -2.15. The zero-order valence-corrected chi connectivity index (χ0v) is 13.5. The minimum atomic E-state index is -0.703. The first kappa shape index (κ1) is 16.2. The molecule has 2 heterocycles. The number of hydrogen-bond donors (Lipinski definition) is 1. The van der Waals surface area contributed by atoms with Gasteiger partial charge in [0.2, 0.25) is 0 Å². The Balaban J connectivity index is 2.17. The maximum Gasteiger partial charge on any atom is 0.328 e. The van der Waals surface area contributed by atoms with E-state index in [4.69, 9.17) is 9.15 Å². The van der Waals surface area contributed by atoms with Gasteiger partial charge in [0.15, 0.2) is 17.8 Å². The van der Waals surface area contributed by atoms with E-state index in [1.54, 1.807) is 0 Å². The molecule has 1 N–H and O–H groups in total. The van der Waals surface area contributed by atoms with E-state index in [1.807, 2.05) is 31.4 Å². The van der Waals surface area contributed by atoms with Gasteiger partial charge in [0.05, 0.1) is 12.0 Å². The predicted octanol–water partition coefficient (Wildman–Crippen LogP) is 2.72. The summed E-state index contributed by atoms with van der Waals surface area (Å²) in [7, 11) is 1.30. The van der Waals surface area contributed by atoms with Crippen molar-refractivity contribution in [2.45, 2.75) is 26.3 Å². The molecule has 0 bridgehead atoms. The molecule has 0 aliphatic carbocycles. The molecule has 7 heteroatoms. The number of carbonyl (C=O) groups is 2. The second kappa shape index (κ2) is 7.22. The Kier molecular flexibility index (Phi) is 5.32. The molecule has 118 valence electrons. The number of hydrogen-bond acceptors (Lipinski definition) is 6. The van der Waals surface area contributed by atoms with Crippen molar-refractivity contribution >= 4 is 23.2 Å². The van der Waals surface area contributed by atoms with Crippen molar-refractivity contribution in [1.29, 1.82) is 0 Å². The molecule has 0 saturated heterocycles. The van der Waals surface area contributed by atoms with E-state index in [0.717, 1.165) is 4.88 Å². The summed E-state index contributed by atoms with van der Waals surface area (Å²) in [6.45, 7) is 3.94. The second-order valence-corrected chi connectivity index (χ2v) is 6.13. The zero-order chi connectivity index (χ0) is 16.1. The summed E-state index contributed by atoms with van der Waals surface area (Å²) in [5.41, 5.74) is 0.167. The number of ether oxygens (including phenoxy) is 1. The lowest BCUT2D eigenvalue weighted by atomic mass is 10.0. The van der Waals surface area contributed by atoms with Gasteiger partial charge in [0.25, 0.3) is 5.91 Å². The van der Waals surface area contributed by atoms with Crippen LogP contribution in [0.3, 0.4) is 0 Å². The Bertz CT molecular complexity index is 634. The fraction of sp³-hybridized carbons (Fsp3) is 0.400. The molecule has 1 amide bonds. The van der Waals surface area contributed by atoms with Crippen molar-refractivity contribution in [2.24, 2.45) is 5.92 Å². The van der Waals surface area contributed by atoms with Crippen molar-refractivity contribution in [1.82, 2.24) is 10.3 Å². The SMILES string of the molecule is COC(=O)C(CC(C)C)NC(=O)c1ncoc1-c1cccs1. The number of carbonyl (C=O) groups excluding carboxylic acids is 2. The summed E-state index contributed by atoms with van der Waals surface area (Å²) in [6, 6.07) is 3.00. The molecular weight excluding hydrogens is 304 g/mol. The van der Waals surface area contributed by atoms with Gasteiger partial charge in [-0.1, -0.05) is 19.9 Å². The molecule has 2 aromatic rings. The number of amides is 1. The van der Waals surface area contributed by atoms with E-state index in [1.165, 1.54) is 24.8 Å². The molecule has 1 unspecified atom stereocenters. The van der Waals surface area contributed by atoms with Crippen molar-refractivity contribution in [2.75, 3.05) is 7.11 Å². The molecule has 0 saturated carbocycles. The second-order valence-electron chi connectivity index (χ2n) is 5.19.